The second kappa shape index (κ2) is 14.5. The lowest BCUT2D eigenvalue weighted by Gasteiger charge is -2.25. The number of nitrogens with zero attached hydrogens (tertiary/aromatic N) is 2. The van der Waals surface area contributed by atoms with Gasteiger partial charge >= 0.3 is 0 Å². The zero-order valence-corrected chi connectivity index (χ0v) is 22.6. The molecule has 0 spiro atoms. The summed E-state index contributed by atoms with van der Waals surface area (Å²) in [6, 6.07) is 11.8. The molecule has 0 aromatic heterocycles. The van der Waals surface area contributed by atoms with Crippen LogP contribution in [-0.4, -0.2) is 61.9 Å². The topological polar surface area (TPSA) is 64.7 Å². The van der Waals surface area contributed by atoms with Crippen LogP contribution in [0.2, 0.25) is 0 Å². The molecule has 0 radical (unpaired) electrons. The Morgan fingerprint density at radius 1 is 0.794 bits per heavy atom. The Bertz CT molecular complexity index is 899. The van der Waals surface area contributed by atoms with Crippen LogP contribution in [0.1, 0.15) is 48.9 Å². The molecule has 188 valence electrons. The maximum Gasteiger partial charge on any atom is 0.241 e. The predicted molar refractivity (Wildman–Crippen MR) is 145 cm³/mol. The number of aryl methyl sites for hydroxylation is 4. The van der Waals surface area contributed by atoms with Gasteiger partial charge in [0.05, 0.1) is 12.6 Å². The van der Waals surface area contributed by atoms with Gasteiger partial charge in [-0.25, -0.2) is 0 Å². The molecule has 6 heteroatoms. The van der Waals surface area contributed by atoms with Crippen molar-refractivity contribution in [1.82, 2.24) is 9.80 Å². The van der Waals surface area contributed by atoms with E-state index in [-0.39, 0.29) is 17.9 Å². The van der Waals surface area contributed by atoms with Crippen LogP contribution >= 0.6 is 0 Å². The van der Waals surface area contributed by atoms with Gasteiger partial charge in [-0.15, -0.1) is 0 Å². The maximum atomic E-state index is 12.9. The van der Waals surface area contributed by atoms with Crippen LogP contribution in [-0.2, 0) is 9.59 Å². The van der Waals surface area contributed by atoms with E-state index in [1.165, 1.54) is 0 Å². The van der Waals surface area contributed by atoms with E-state index in [1.807, 2.05) is 109 Å². The fourth-order valence-electron chi connectivity index (χ4n) is 3.91. The molecular formula is C28H44N4O2. The van der Waals surface area contributed by atoms with Crippen LogP contribution in [0.4, 0.5) is 11.4 Å². The van der Waals surface area contributed by atoms with E-state index in [0.29, 0.717) is 13.0 Å². The van der Waals surface area contributed by atoms with Gasteiger partial charge in [0.1, 0.15) is 0 Å². The Hall–Kier alpha value is -2.70. The van der Waals surface area contributed by atoms with Crippen molar-refractivity contribution < 1.29 is 9.59 Å². The lowest BCUT2D eigenvalue weighted by atomic mass is 10.1. The van der Waals surface area contributed by atoms with Gasteiger partial charge in [0.25, 0.3) is 0 Å². The molecule has 0 unspecified atom stereocenters. The van der Waals surface area contributed by atoms with Crippen LogP contribution in [0.5, 0.6) is 0 Å². The van der Waals surface area contributed by atoms with E-state index in [9.17, 15) is 9.59 Å². The van der Waals surface area contributed by atoms with Crippen molar-refractivity contribution in [2.45, 2.75) is 60.4 Å². The Kier molecular flexibility index (Phi) is 12.5. The minimum atomic E-state index is -0.231. The van der Waals surface area contributed by atoms with Crippen molar-refractivity contribution in [2.24, 2.45) is 0 Å². The van der Waals surface area contributed by atoms with Gasteiger partial charge in [-0.05, 0) is 90.5 Å². The maximum absolute atomic E-state index is 12.9. The highest BCUT2D eigenvalue weighted by Crippen LogP contribution is 2.21. The molecule has 2 N–H and O–H groups in total. The Balaban J connectivity index is 0.00000281. The number of anilines is 2. The summed E-state index contributed by atoms with van der Waals surface area (Å²) >= 11 is 0. The smallest absolute Gasteiger partial charge is 0.241 e. The highest BCUT2D eigenvalue weighted by molar-refractivity contribution is 5.96. The number of nitrogens with one attached hydrogen (secondary N) is 2. The lowest BCUT2D eigenvalue weighted by molar-refractivity contribution is -0.121. The fraction of sp³-hybridized carbons (Fsp3) is 0.500. The molecule has 0 heterocycles. The summed E-state index contributed by atoms with van der Waals surface area (Å²) in [5.74, 6) is -0.0235. The van der Waals surface area contributed by atoms with Gasteiger partial charge in [-0.3, -0.25) is 19.4 Å². The van der Waals surface area contributed by atoms with Crippen LogP contribution in [0.3, 0.4) is 0 Å². The van der Waals surface area contributed by atoms with Crippen LogP contribution < -0.4 is 10.6 Å². The Morgan fingerprint density at radius 2 is 1.24 bits per heavy atom. The number of rotatable bonds is 10. The van der Waals surface area contributed by atoms with Crippen molar-refractivity contribution in [3.05, 3.63) is 58.7 Å². The molecule has 1 atom stereocenters. The zero-order valence-electron chi connectivity index (χ0n) is 22.6. The number of amides is 2. The minimum absolute atomic E-state index is 0.00261. The third-order valence-electron chi connectivity index (χ3n) is 5.83. The largest absolute Gasteiger partial charge is 0.324 e. The summed E-state index contributed by atoms with van der Waals surface area (Å²) < 4.78 is 0. The van der Waals surface area contributed by atoms with Crippen LogP contribution in [0, 0.1) is 27.7 Å². The van der Waals surface area contributed by atoms with Gasteiger partial charge in [0, 0.05) is 11.4 Å². The van der Waals surface area contributed by atoms with Gasteiger partial charge in [0.2, 0.25) is 11.8 Å². The molecule has 2 aromatic rings. The highest BCUT2D eigenvalue weighted by atomic mass is 16.2. The minimum Gasteiger partial charge on any atom is -0.324 e. The number of hydrogen-bond acceptors (Lipinski definition) is 4. The Morgan fingerprint density at radius 3 is 1.68 bits per heavy atom. The number of carbonyl (C=O) groups excluding carboxylic acids is 2. The number of para-hydroxylation sites is 2. The molecule has 0 saturated carbocycles. The molecule has 0 aliphatic carbocycles. The number of likely N-dealkylation sites (N-methyl/N-ethyl adjacent to an activating group) is 2. The molecule has 0 bridgehead atoms. The first-order valence-electron chi connectivity index (χ1n) is 12.2. The van der Waals surface area contributed by atoms with E-state index >= 15 is 0 Å². The van der Waals surface area contributed by atoms with E-state index in [2.05, 4.69) is 10.6 Å². The second-order valence-corrected chi connectivity index (χ2v) is 8.93. The first kappa shape index (κ1) is 29.3. The fourth-order valence-corrected chi connectivity index (χ4v) is 3.91. The molecule has 0 saturated heterocycles. The van der Waals surface area contributed by atoms with Crippen molar-refractivity contribution in [1.29, 1.82) is 0 Å². The van der Waals surface area contributed by atoms with Crippen LogP contribution in [0.15, 0.2) is 36.4 Å². The van der Waals surface area contributed by atoms with Gasteiger partial charge in [0.15, 0.2) is 0 Å². The quantitative estimate of drug-likeness (QED) is 0.505. The molecule has 6 nitrogen and oxygen atoms in total. The van der Waals surface area contributed by atoms with Crippen molar-refractivity contribution in [3.63, 3.8) is 0 Å². The Labute approximate surface area is 206 Å². The SMILES string of the molecule is CC.Cc1cccc(C)c1NC(=O)CN(C)CCC[C@H](C(=O)Nc1c(C)cccc1C)N(C)C. The predicted octanol–water partition coefficient (Wildman–Crippen LogP) is 5.17. The zero-order chi connectivity index (χ0) is 25.8. The summed E-state index contributed by atoms with van der Waals surface area (Å²) in [5, 5.41) is 6.14. The molecule has 34 heavy (non-hydrogen) atoms. The van der Waals surface area contributed by atoms with E-state index in [0.717, 1.165) is 46.6 Å². The molecule has 0 fully saturated rings. The summed E-state index contributed by atoms with van der Waals surface area (Å²) in [4.78, 5) is 29.4. The van der Waals surface area contributed by atoms with Crippen molar-refractivity contribution in [3.8, 4) is 0 Å². The van der Waals surface area contributed by atoms with Crippen molar-refractivity contribution >= 4 is 23.2 Å². The molecule has 0 aliphatic rings. The molecular weight excluding hydrogens is 424 g/mol. The first-order valence-corrected chi connectivity index (χ1v) is 12.2. The summed E-state index contributed by atoms with van der Waals surface area (Å²) in [7, 11) is 5.79. The van der Waals surface area contributed by atoms with Gasteiger partial charge < -0.3 is 10.6 Å². The summed E-state index contributed by atoms with van der Waals surface area (Å²) in [6.45, 7) is 13.1. The molecule has 2 aromatic carbocycles. The standard InChI is InChI=1S/C26H38N4O2.C2H6/c1-18-11-8-12-19(2)24(18)27-23(31)17-30(7)16-10-15-22(29(5)6)26(32)28-25-20(3)13-9-14-21(25)4;1-2/h8-9,11-14,22H,10,15-17H2,1-7H3,(H,27,31)(H,28,32);1-2H3/t22-;/m1./s1. The third-order valence-corrected chi connectivity index (χ3v) is 5.83. The number of carbonyl (C=O) groups is 2. The summed E-state index contributed by atoms with van der Waals surface area (Å²) in [6.07, 6.45) is 1.53. The number of benzene rings is 2. The third kappa shape index (κ3) is 8.92. The summed E-state index contributed by atoms with van der Waals surface area (Å²) in [5.41, 5.74) is 6.02. The van der Waals surface area contributed by atoms with Gasteiger partial charge in [-0.2, -0.15) is 0 Å². The average Bonchev–Trinajstić information content (AvgIpc) is 2.77. The van der Waals surface area contributed by atoms with Gasteiger partial charge in [-0.1, -0.05) is 50.2 Å². The average molecular weight is 469 g/mol. The second-order valence-electron chi connectivity index (χ2n) is 8.93. The molecule has 0 aliphatic heterocycles. The van der Waals surface area contributed by atoms with Crippen molar-refractivity contribution in [2.75, 3.05) is 44.9 Å². The molecule has 2 amide bonds. The first-order chi connectivity index (χ1) is 16.1. The monoisotopic (exact) mass is 468 g/mol. The van der Waals surface area contributed by atoms with E-state index < -0.39 is 0 Å². The van der Waals surface area contributed by atoms with Crippen LogP contribution in [0.25, 0.3) is 0 Å². The highest BCUT2D eigenvalue weighted by Gasteiger charge is 2.22. The lowest BCUT2D eigenvalue weighted by Crippen LogP contribution is -2.40. The normalized spacial score (nSPS) is 11.6. The molecule has 2 rings (SSSR count). The van der Waals surface area contributed by atoms with E-state index in [4.69, 9.17) is 0 Å². The van der Waals surface area contributed by atoms with E-state index in [1.54, 1.807) is 0 Å². The number of hydrogen-bond donors (Lipinski definition) is 2.